The Morgan fingerprint density at radius 2 is 1.97 bits per heavy atom. The van der Waals surface area contributed by atoms with Crippen LogP contribution in [0.2, 0.25) is 5.02 Å². The molecule has 1 amide bonds. The monoisotopic (exact) mass is 565 g/mol. The first-order valence-corrected chi connectivity index (χ1v) is 14.2. The maximum Gasteiger partial charge on any atom is 0.389 e. The Morgan fingerprint density at radius 1 is 1.32 bits per heavy atom. The van der Waals surface area contributed by atoms with Crippen LogP contribution < -0.4 is 10.1 Å². The summed E-state index contributed by atoms with van der Waals surface area (Å²) in [4.78, 5) is 13.0. The number of methoxy groups -OCH3 is 1. The van der Waals surface area contributed by atoms with Gasteiger partial charge in [-0.1, -0.05) is 17.7 Å². The standard InChI is InChI=1S/C24H31ClF3N3O5S/c1-4-31-21(17-6-5-15(13-18(17)36-2)7-12-24(26,27)28)19(25)20(30-31)22(32)29-14-23(33)10-8-16(9-11-23)37(3,34)35/h5-6,13,16,33H,4,7-12,14H2,1-3H3,(H,29,32). The number of nitrogens with one attached hydrogen (secondary N) is 1. The minimum atomic E-state index is -4.28. The first kappa shape index (κ1) is 29.2. The van der Waals surface area contributed by atoms with Gasteiger partial charge in [-0.2, -0.15) is 18.3 Å². The van der Waals surface area contributed by atoms with Gasteiger partial charge < -0.3 is 15.2 Å². The number of ether oxygens (including phenoxy) is 1. The Kier molecular flexibility index (Phi) is 8.86. The molecule has 0 atom stereocenters. The predicted molar refractivity (Wildman–Crippen MR) is 134 cm³/mol. The fourth-order valence-corrected chi connectivity index (χ4v) is 5.92. The molecule has 1 aromatic carbocycles. The van der Waals surface area contributed by atoms with Crippen molar-refractivity contribution in [1.29, 1.82) is 0 Å². The molecule has 13 heteroatoms. The highest BCUT2D eigenvalue weighted by atomic mass is 35.5. The summed E-state index contributed by atoms with van der Waals surface area (Å²) in [6.45, 7) is 2.05. The number of carbonyl (C=O) groups excluding carboxylic acids is 1. The van der Waals surface area contributed by atoms with E-state index in [2.05, 4.69) is 10.4 Å². The van der Waals surface area contributed by atoms with E-state index < -0.39 is 39.2 Å². The summed E-state index contributed by atoms with van der Waals surface area (Å²) in [5.41, 5.74) is -0.0339. The molecule has 1 heterocycles. The van der Waals surface area contributed by atoms with Crippen molar-refractivity contribution in [3.8, 4) is 17.0 Å². The fraction of sp³-hybridized carbons (Fsp3) is 0.583. The Balaban J connectivity index is 1.79. The van der Waals surface area contributed by atoms with Gasteiger partial charge in [-0.3, -0.25) is 9.48 Å². The molecule has 1 aromatic heterocycles. The highest BCUT2D eigenvalue weighted by Gasteiger charge is 2.37. The van der Waals surface area contributed by atoms with E-state index in [1.54, 1.807) is 19.1 Å². The number of alkyl halides is 3. The van der Waals surface area contributed by atoms with Crippen LogP contribution in [-0.4, -0.2) is 66.1 Å². The molecule has 2 aromatic rings. The molecular formula is C24H31ClF3N3O5S. The van der Waals surface area contributed by atoms with E-state index in [1.165, 1.54) is 24.1 Å². The van der Waals surface area contributed by atoms with E-state index in [9.17, 15) is 31.5 Å². The normalized spacial score (nSPS) is 20.6. The smallest absolute Gasteiger partial charge is 0.389 e. The maximum atomic E-state index is 13.0. The molecule has 3 rings (SSSR count). The van der Waals surface area contributed by atoms with Crippen molar-refractivity contribution in [1.82, 2.24) is 15.1 Å². The van der Waals surface area contributed by atoms with Crippen LogP contribution in [0.5, 0.6) is 5.75 Å². The zero-order valence-electron chi connectivity index (χ0n) is 20.9. The number of aliphatic hydroxyl groups is 1. The number of benzene rings is 1. The number of halogens is 4. The van der Waals surface area contributed by atoms with E-state index >= 15 is 0 Å². The van der Waals surface area contributed by atoms with Gasteiger partial charge >= 0.3 is 6.18 Å². The largest absolute Gasteiger partial charge is 0.496 e. The molecule has 0 spiro atoms. The number of amides is 1. The van der Waals surface area contributed by atoms with Crippen LogP contribution in [0.3, 0.4) is 0 Å². The third kappa shape index (κ3) is 7.17. The van der Waals surface area contributed by atoms with Crippen LogP contribution in [0.1, 0.15) is 55.1 Å². The second-order valence-electron chi connectivity index (χ2n) is 9.41. The summed E-state index contributed by atoms with van der Waals surface area (Å²) < 4.78 is 68.3. The van der Waals surface area contributed by atoms with Gasteiger partial charge in [-0.05, 0) is 56.7 Å². The van der Waals surface area contributed by atoms with E-state index in [1.807, 2.05) is 0 Å². The lowest BCUT2D eigenvalue weighted by molar-refractivity contribution is -0.134. The molecule has 8 nitrogen and oxygen atoms in total. The number of aromatic nitrogens is 2. The van der Waals surface area contributed by atoms with Crippen molar-refractivity contribution >= 4 is 27.3 Å². The number of nitrogens with zero attached hydrogens (tertiary/aromatic N) is 2. The lowest BCUT2D eigenvalue weighted by atomic mass is 9.84. The molecule has 37 heavy (non-hydrogen) atoms. The lowest BCUT2D eigenvalue weighted by Gasteiger charge is -2.35. The lowest BCUT2D eigenvalue weighted by Crippen LogP contribution is -2.47. The number of rotatable bonds is 9. The average Bonchev–Trinajstić information content (AvgIpc) is 3.16. The highest BCUT2D eigenvalue weighted by molar-refractivity contribution is 7.91. The zero-order valence-corrected chi connectivity index (χ0v) is 22.4. The van der Waals surface area contributed by atoms with Crippen molar-refractivity contribution in [2.75, 3.05) is 19.9 Å². The van der Waals surface area contributed by atoms with Gasteiger partial charge in [-0.25, -0.2) is 8.42 Å². The molecular weight excluding hydrogens is 535 g/mol. The topological polar surface area (TPSA) is 111 Å². The van der Waals surface area contributed by atoms with Crippen LogP contribution in [0, 0.1) is 0 Å². The van der Waals surface area contributed by atoms with Gasteiger partial charge in [-0.15, -0.1) is 0 Å². The molecule has 206 valence electrons. The summed E-state index contributed by atoms with van der Waals surface area (Å²) >= 11 is 6.58. The van der Waals surface area contributed by atoms with Crippen molar-refractivity contribution in [2.45, 2.75) is 69.0 Å². The zero-order chi connectivity index (χ0) is 27.6. The molecule has 1 aliphatic carbocycles. The first-order chi connectivity index (χ1) is 17.2. The second kappa shape index (κ2) is 11.2. The minimum absolute atomic E-state index is 0.0356. The molecule has 0 unspecified atom stereocenters. The molecule has 0 radical (unpaired) electrons. The van der Waals surface area contributed by atoms with Crippen LogP contribution in [0.4, 0.5) is 13.2 Å². The van der Waals surface area contributed by atoms with Crippen LogP contribution in [0.15, 0.2) is 18.2 Å². The summed E-state index contributed by atoms with van der Waals surface area (Å²) in [6, 6.07) is 4.64. The minimum Gasteiger partial charge on any atom is -0.496 e. The van der Waals surface area contributed by atoms with Gasteiger partial charge in [0.25, 0.3) is 5.91 Å². The van der Waals surface area contributed by atoms with Gasteiger partial charge in [0.2, 0.25) is 0 Å². The molecule has 0 saturated heterocycles. The summed E-state index contributed by atoms with van der Waals surface area (Å²) in [7, 11) is -1.81. The molecule has 0 aliphatic heterocycles. The Bertz CT molecular complexity index is 1240. The average molecular weight is 566 g/mol. The Labute approximate surface area is 219 Å². The van der Waals surface area contributed by atoms with Gasteiger partial charge in [0, 0.05) is 31.3 Å². The van der Waals surface area contributed by atoms with Crippen molar-refractivity contribution in [3.63, 3.8) is 0 Å². The molecule has 1 fully saturated rings. The van der Waals surface area contributed by atoms with Gasteiger partial charge in [0.05, 0.1) is 28.7 Å². The van der Waals surface area contributed by atoms with E-state index in [4.69, 9.17) is 16.3 Å². The van der Waals surface area contributed by atoms with Gasteiger partial charge in [0.15, 0.2) is 5.69 Å². The Morgan fingerprint density at radius 3 is 2.51 bits per heavy atom. The number of hydrogen-bond donors (Lipinski definition) is 2. The molecule has 1 saturated carbocycles. The first-order valence-electron chi connectivity index (χ1n) is 11.9. The summed E-state index contributed by atoms with van der Waals surface area (Å²) in [6.07, 6.45) is -3.20. The quantitative estimate of drug-likeness (QED) is 0.472. The van der Waals surface area contributed by atoms with Gasteiger partial charge in [0.1, 0.15) is 15.6 Å². The summed E-state index contributed by atoms with van der Waals surface area (Å²) in [5, 5.41) is 17.3. The third-order valence-corrected chi connectivity index (χ3v) is 8.71. The molecule has 2 N–H and O–H groups in total. The molecule has 0 bridgehead atoms. The maximum absolute atomic E-state index is 13.0. The Hall–Kier alpha value is -2.31. The number of carbonyl (C=O) groups is 1. The van der Waals surface area contributed by atoms with Crippen LogP contribution in [0.25, 0.3) is 11.3 Å². The van der Waals surface area contributed by atoms with Crippen LogP contribution in [-0.2, 0) is 22.8 Å². The third-order valence-electron chi connectivity index (χ3n) is 6.67. The number of hydrogen-bond acceptors (Lipinski definition) is 6. The fourth-order valence-electron chi connectivity index (χ4n) is 4.51. The SMILES string of the molecule is CCn1nc(C(=O)NCC2(O)CCC(S(C)(=O)=O)CC2)c(Cl)c1-c1ccc(CCC(F)(F)F)cc1OC. The number of sulfone groups is 1. The molecule has 1 aliphatic rings. The van der Waals surface area contributed by atoms with Crippen molar-refractivity contribution < 1.29 is 36.2 Å². The van der Waals surface area contributed by atoms with Crippen molar-refractivity contribution in [3.05, 3.63) is 34.5 Å². The van der Waals surface area contributed by atoms with Crippen LogP contribution >= 0.6 is 11.6 Å². The summed E-state index contributed by atoms with van der Waals surface area (Å²) in [5.74, 6) is -0.321. The van der Waals surface area contributed by atoms with Crippen molar-refractivity contribution in [2.24, 2.45) is 0 Å². The predicted octanol–water partition coefficient (Wildman–Crippen LogP) is 4.18. The van der Waals surface area contributed by atoms with E-state index in [-0.39, 0.29) is 36.5 Å². The van der Waals surface area contributed by atoms with E-state index in [0.717, 1.165) is 0 Å². The number of aryl methyl sites for hydroxylation is 2. The highest BCUT2D eigenvalue weighted by Crippen LogP contribution is 2.38. The second-order valence-corrected chi connectivity index (χ2v) is 12.1. The van der Waals surface area contributed by atoms with E-state index in [0.29, 0.717) is 42.0 Å².